The molecule has 0 radical (unpaired) electrons. The third-order valence-electron chi connectivity index (χ3n) is 0.941. The molecule has 0 aliphatic heterocycles. The van der Waals surface area contributed by atoms with Gasteiger partial charge in [-0.1, -0.05) is 6.07 Å². The van der Waals surface area contributed by atoms with Gasteiger partial charge in [-0.15, -0.1) is 0 Å². The zero-order valence-electron chi connectivity index (χ0n) is 5.33. The smallest absolute Gasteiger partial charge is 0.141 e. The maximum Gasteiger partial charge on any atom is 0.141 e. The lowest BCUT2D eigenvalue weighted by atomic mass is 10.3. The van der Waals surface area contributed by atoms with Gasteiger partial charge in [0, 0.05) is 6.20 Å². The van der Waals surface area contributed by atoms with Crippen molar-refractivity contribution in [3.05, 3.63) is 30.1 Å². The average Bonchev–Trinajstić information content (AvgIpc) is 1.90. The summed E-state index contributed by atoms with van der Waals surface area (Å²) in [6, 6.07) is 5.28. The molecule has 0 spiro atoms. The zero-order chi connectivity index (χ0) is 6.69. The Balaban J connectivity index is 0.000000810. The number of nitrogens with two attached hydrogens (primary N) is 1. The fourth-order valence-corrected chi connectivity index (χ4v) is 0.522. The minimum absolute atomic E-state index is 0. The molecular formula is C6H9N3O. The summed E-state index contributed by atoms with van der Waals surface area (Å²) in [5.74, 6) is 0.00981. The molecule has 0 bridgehead atoms. The Bertz CT molecular complexity index is 209. The summed E-state index contributed by atoms with van der Waals surface area (Å²) in [4.78, 5) is 3.83. The molecule has 0 aliphatic carbocycles. The number of hydrogen-bond donors (Lipinski definition) is 2. The normalized spacial score (nSPS) is 8.00. The number of aromatic nitrogens is 1. The van der Waals surface area contributed by atoms with Crippen LogP contribution in [0, 0.1) is 5.41 Å². The van der Waals surface area contributed by atoms with Gasteiger partial charge in [-0.2, -0.15) is 0 Å². The second-order valence-electron chi connectivity index (χ2n) is 1.63. The molecule has 1 aromatic rings. The molecule has 54 valence electrons. The van der Waals surface area contributed by atoms with Crippen LogP contribution in [0.2, 0.25) is 0 Å². The van der Waals surface area contributed by atoms with Gasteiger partial charge in [-0.25, -0.2) is 0 Å². The van der Waals surface area contributed by atoms with E-state index in [0.717, 1.165) is 0 Å². The number of hydrogen-bond acceptors (Lipinski definition) is 2. The van der Waals surface area contributed by atoms with Gasteiger partial charge < -0.3 is 11.2 Å². The van der Waals surface area contributed by atoms with Crippen molar-refractivity contribution < 1.29 is 5.48 Å². The van der Waals surface area contributed by atoms with E-state index in [4.69, 9.17) is 11.1 Å². The minimum atomic E-state index is 0. The average molecular weight is 139 g/mol. The minimum Gasteiger partial charge on any atom is -0.412 e. The first-order valence-corrected chi connectivity index (χ1v) is 2.56. The second kappa shape index (κ2) is 3.58. The lowest BCUT2D eigenvalue weighted by Gasteiger charge is -1.91. The van der Waals surface area contributed by atoms with E-state index < -0.39 is 0 Å². The Morgan fingerprint density at radius 3 is 2.50 bits per heavy atom. The van der Waals surface area contributed by atoms with Crippen LogP contribution in [-0.4, -0.2) is 16.3 Å². The maximum absolute atomic E-state index is 6.95. The van der Waals surface area contributed by atoms with E-state index in [1.54, 1.807) is 24.4 Å². The fourth-order valence-electron chi connectivity index (χ4n) is 0.522. The van der Waals surface area contributed by atoms with Crippen LogP contribution in [0.25, 0.3) is 0 Å². The van der Waals surface area contributed by atoms with E-state index in [0.29, 0.717) is 5.69 Å². The van der Waals surface area contributed by atoms with E-state index in [9.17, 15) is 0 Å². The van der Waals surface area contributed by atoms with Crippen LogP contribution < -0.4 is 5.73 Å². The van der Waals surface area contributed by atoms with Crippen LogP contribution in [0.1, 0.15) is 5.69 Å². The van der Waals surface area contributed by atoms with Crippen LogP contribution in [0.4, 0.5) is 0 Å². The van der Waals surface area contributed by atoms with E-state index in [-0.39, 0.29) is 11.3 Å². The molecule has 0 aliphatic rings. The van der Waals surface area contributed by atoms with Crippen LogP contribution in [-0.2, 0) is 0 Å². The zero-order valence-corrected chi connectivity index (χ0v) is 5.33. The Morgan fingerprint density at radius 2 is 2.20 bits per heavy atom. The van der Waals surface area contributed by atoms with Gasteiger partial charge in [-0.05, 0) is 12.1 Å². The van der Waals surface area contributed by atoms with Crippen molar-refractivity contribution in [1.82, 2.24) is 4.98 Å². The molecule has 1 rings (SSSR count). The molecule has 0 saturated heterocycles. The SMILES string of the molecule is N=C(N)c1ccccn1.O. The Morgan fingerprint density at radius 1 is 1.50 bits per heavy atom. The Hall–Kier alpha value is -1.42. The summed E-state index contributed by atoms with van der Waals surface area (Å²) in [5, 5.41) is 6.95. The third kappa shape index (κ3) is 1.83. The van der Waals surface area contributed by atoms with E-state index in [1.807, 2.05) is 0 Å². The van der Waals surface area contributed by atoms with Crippen molar-refractivity contribution >= 4 is 5.84 Å². The van der Waals surface area contributed by atoms with Gasteiger partial charge in [0.2, 0.25) is 0 Å². The summed E-state index contributed by atoms with van der Waals surface area (Å²) < 4.78 is 0. The van der Waals surface area contributed by atoms with Crippen molar-refractivity contribution in [1.29, 1.82) is 5.41 Å². The van der Waals surface area contributed by atoms with Gasteiger partial charge in [-0.3, -0.25) is 10.4 Å². The lowest BCUT2D eigenvalue weighted by molar-refractivity contribution is 0.824. The Kier molecular flexibility index (Phi) is 3.07. The third-order valence-corrected chi connectivity index (χ3v) is 0.941. The quantitative estimate of drug-likeness (QED) is 0.407. The first-order chi connectivity index (χ1) is 4.30. The molecule has 10 heavy (non-hydrogen) atoms. The van der Waals surface area contributed by atoms with Gasteiger partial charge in [0.15, 0.2) is 0 Å². The molecular weight excluding hydrogens is 130 g/mol. The number of amidine groups is 1. The topological polar surface area (TPSA) is 94.3 Å². The van der Waals surface area contributed by atoms with E-state index in [2.05, 4.69) is 4.98 Å². The highest BCUT2D eigenvalue weighted by Gasteiger charge is 1.91. The van der Waals surface area contributed by atoms with Gasteiger partial charge in [0.25, 0.3) is 0 Å². The predicted molar refractivity (Wildman–Crippen MR) is 38.9 cm³/mol. The largest absolute Gasteiger partial charge is 0.412 e. The lowest BCUT2D eigenvalue weighted by Crippen LogP contribution is -2.12. The molecule has 0 aromatic carbocycles. The van der Waals surface area contributed by atoms with Gasteiger partial charge in [0.1, 0.15) is 11.5 Å². The number of nitrogen functional groups attached to an aromatic ring is 1. The highest BCUT2D eigenvalue weighted by molar-refractivity contribution is 5.92. The molecule has 1 aromatic heterocycles. The van der Waals surface area contributed by atoms with Crippen LogP contribution >= 0.6 is 0 Å². The molecule has 1 heterocycles. The maximum atomic E-state index is 6.95. The van der Waals surface area contributed by atoms with Gasteiger partial charge >= 0.3 is 0 Å². The van der Waals surface area contributed by atoms with Crippen molar-refractivity contribution in [2.75, 3.05) is 0 Å². The standard InChI is InChI=1S/C6H7N3.H2O/c7-6(8)5-3-1-2-4-9-5;/h1-4H,(H3,7,8);1H2. The van der Waals surface area contributed by atoms with Crippen LogP contribution in [0.15, 0.2) is 24.4 Å². The molecule has 5 N–H and O–H groups in total. The van der Waals surface area contributed by atoms with Crippen LogP contribution in [0.3, 0.4) is 0 Å². The van der Waals surface area contributed by atoms with Crippen LogP contribution in [0.5, 0.6) is 0 Å². The molecule has 0 atom stereocenters. The van der Waals surface area contributed by atoms with Crippen molar-refractivity contribution in [2.45, 2.75) is 0 Å². The fraction of sp³-hybridized carbons (Fsp3) is 0. The number of nitrogens with zero attached hydrogens (tertiary/aromatic N) is 1. The summed E-state index contributed by atoms with van der Waals surface area (Å²) in [6.07, 6.45) is 1.61. The number of pyridine rings is 1. The highest BCUT2D eigenvalue weighted by atomic mass is 16.0. The van der Waals surface area contributed by atoms with E-state index >= 15 is 0 Å². The monoisotopic (exact) mass is 139 g/mol. The number of rotatable bonds is 1. The number of nitrogens with one attached hydrogen (secondary N) is 1. The molecule has 0 amide bonds. The first kappa shape index (κ1) is 8.58. The Labute approximate surface area is 58.5 Å². The van der Waals surface area contributed by atoms with Crippen molar-refractivity contribution in [3.8, 4) is 0 Å². The summed E-state index contributed by atoms with van der Waals surface area (Å²) in [5.41, 5.74) is 5.66. The summed E-state index contributed by atoms with van der Waals surface area (Å²) in [7, 11) is 0. The predicted octanol–water partition coefficient (Wildman–Crippen LogP) is -0.459. The molecule has 4 nitrogen and oxygen atoms in total. The highest BCUT2D eigenvalue weighted by Crippen LogP contribution is 1.88. The van der Waals surface area contributed by atoms with Gasteiger partial charge in [0.05, 0.1) is 0 Å². The van der Waals surface area contributed by atoms with Crippen molar-refractivity contribution in [2.24, 2.45) is 5.73 Å². The summed E-state index contributed by atoms with van der Waals surface area (Å²) >= 11 is 0. The van der Waals surface area contributed by atoms with Crippen molar-refractivity contribution in [3.63, 3.8) is 0 Å². The summed E-state index contributed by atoms with van der Waals surface area (Å²) in [6.45, 7) is 0. The molecule has 0 unspecified atom stereocenters. The molecule has 0 saturated carbocycles. The first-order valence-electron chi connectivity index (χ1n) is 2.56. The molecule has 0 fully saturated rings. The van der Waals surface area contributed by atoms with E-state index in [1.165, 1.54) is 0 Å². The second-order valence-corrected chi connectivity index (χ2v) is 1.63. The molecule has 4 heteroatoms.